The lowest BCUT2D eigenvalue weighted by molar-refractivity contribution is 0.430. The third kappa shape index (κ3) is 2.48. The van der Waals surface area contributed by atoms with Crippen molar-refractivity contribution in [1.82, 2.24) is 9.97 Å². The van der Waals surface area contributed by atoms with Crippen molar-refractivity contribution in [1.29, 1.82) is 5.26 Å². The maximum atomic E-state index is 9.42. The number of rotatable bonds is 3. The summed E-state index contributed by atoms with van der Waals surface area (Å²) in [5.41, 5.74) is 7.71. The highest BCUT2D eigenvalue weighted by atomic mass is 14.8. The molecule has 1 atom stereocenters. The summed E-state index contributed by atoms with van der Waals surface area (Å²) in [6, 6.07) is 9.90. The molecule has 2 heterocycles. The van der Waals surface area contributed by atoms with E-state index in [4.69, 9.17) is 5.73 Å². The molecular weight excluding hydrogens is 248 g/mol. The highest BCUT2D eigenvalue weighted by molar-refractivity contribution is 5.59. The van der Waals surface area contributed by atoms with Gasteiger partial charge in [-0.05, 0) is 36.6 Å². The van der Waals surface area contributed by atoms with Crippen LogP contribution in [0.15, 0.2) is 36.7 Å². The Morgan fingerprint density at radius 2 is 1.90 bits per heavy atom. The summed E-state index contributed by atoms with van der Waals surface area (Å²) < 4.78 is 0. The van der Waals surface area contributed by atoms with Crippen LogP contribution in [0, 0.1) is 17.2 Å². The summed E-state index contributed by atoms with van der Waals surface area (Å²) in [5.74, 6) is 0.709. The van der Waals surface area contributed by atoms with Crippen LogP contribution < -0.4 is 5.73 Å². The van der Waals surface area contributed by atoms with Gasteiger partial charge in [0.15, 0.2) is 0 Å². The van der Waals surface area contributed by atoms with Crippen LogP contribution in [0.25, 0.3) is 11.3 Å². The van der Waals surface area contributed by atoms with Gasteiger partial charge in [0, 0.05) is 18.0 Å². The number of anilines is 1. The van der Waals surface area contributed by atoms with Gasteiger partial charge >= 0.3 is 0 Å². The van der Waals surface area contributed by atoms with Gasteiger partial charge in [0.25, 0.3) is 0 Å². The first-order valence-corrected chi connectivity index (χ1v) is 6.57. The van der Waals surface area contributed by atoms with Crippen LogP contribution in [0.5, 0.6) is 0 Å². The number of pyridine rings is 2. The Bertz CT molecular complexity index is 623. The first-order chi connectivity index (χ1) is 9.47. The highest BCUT2D eigenvalue weighted by Crippen LogP contribution is 2.31. The van der Waals surface area contributed by atoms with Crippen molar-refractivity contribution in [3.05, 3.63) is 42.2 Å². The molecule has 0 aliphatic rings. The molecule has 0 amide bonds. The Labute approximate surface area is 119 Å². The molecule has 0 unspecified atom stereocenters. The van der Waals surface area contributed by atoms with Crippen LogP contribution in [-0.2, 0) is 5.41 Å². The summed E-state index contributed by atoms with van der Waals surface area (Å²) in [5, 5.41) is 9.42. The quantitative estimate of drug-likeness (QED) is 0.925. The highest BCUT2D eigenvalue weighted by Gasteiger charge is 2.30. The molecule has 2 rings (SSSR count). The molecule has 4 heteroatoms. The normalized spacial score (nSPS) is 13.8. The summed E-state index contributed by atoms with van der Waals surface area (Å²) in [7, 11) is 0. The number of aromatic nitrogens is 2. The van der Waals surface area contributed by atoms with E-state index in [0.717, 1.165) is 16.8 Å². The average molecular weight is 266 g/mol. The van der Waals surface area contributed by atoms with E-state index in [1.165, 1.54) is 0 Å². The van der Waals surface area contributed by atoms with E-state index >= 15 is 0 Å². The maximum absolute atomic E-state index is 9.42. The van der Waals surface area contributed by atoms with E-state index in [0.29, 0.717) is 5.82 Å². The van der Waals surface area contributed by atoms with Crippen LogP contribution in [0.1, 0.15) is 26.3 Å². The zero-order valence-electron chi connectivity index (χ0n) is 12.0. The third-order valence-corrected chi connectivity index (χ3v) is 3.83. The monoisotopic (exact) mass is 266 g/mol. The fraction of sp³-hybridized carbons (Fsp3) is 0.312. The molecule has 0 radical (unpaired) electrons. The molecule has 0 aliphatic carbocycles. The number of nitrogen functional groups attached to an aromatic ring is 1. The molecular formula is C16H18N4. The number of hydrogen-bond acceptors (Lipinski definition) is 4. The van der Waals surface area contributed by atoms with Crippen LogP contribution in [0.4, 0.5) is 5.82 Å². The summed E-state index contributed by atoms with van der Waals surface area (Å²) >= 11 is 0. The second-order valence-corrected chi connectivity index (χ2v) is 5.37. The van der Waals surface area contributed by atoms with Gasteiger partial charge in [-0.25, -0.2) is 4.98 Å². The van der Waals surface area contributed by atoms with Gasteiger partial charge < -0.3 is 5.73 Å². The van der Waals surface area contributed by atoms with Gasteiger partial charge in [-0.3, -0.25) is 4.98 Å². The summed E-state index contributed by atoms with van der Waals surface area (Å²) in [6.07, 6.45) is 3.47. The lowest BCUT2D eigenvalue weighted by Gasteiger charge is -2.26. The van der Waals surface area contributed by atoms with E-state index in [-0.39, 0.29) is 5.92 Å². The van der Waals surface area contributed by atoms with E-state index in [1.54, 1.807) is 18.5 Å². The molecule has 20 heavy (non-hydrogen) atoms. The van der Waals surface area contributed by atoms with E-state index in [2.05, 4.69) is 16.0 Å². The zero-order chi connectivity index (χ0) is 14.8. The molecule has 0 aromatic carbocycles. The van der Waals surface area contributed by atoms with Crippen LogP contribution in [0.3, 0.4) is 0 Å². The Morgan fingerprint density at radius 1 is 1.15 bits per heavy atom. The van der Waals surface area contributed by atoms with Crippen molar-refractivity contribution in [3.8, 4) is 17.3 Å². The third-order valence-electron chi connectivity index (χ3n) is 3.83. The maximum Gasteiger partial charge on any atom is 0.123 e. The molecule has 0 bridgehead atoms. The number of nitriles is 1. The van der Waals surface area contributed by atoms with Crippen molar-refractivity contribution in [2.75, 3.05) is 5.73 Å². The van der Waals surface area contributed by atoms with Gasteiger partial charge in [0.05, 0.1) is 17.2 Å². The second-order valence-electron chi connectivity index (χ2n) is 5.37. The minimum absolute atomic E-state index is 0.221. The fourth-order valence-corrected chi connectivity index (χ4v) is 1.96. The van der Waals surface area contributed by atoms with Crippen LogP contribution in [-0.4, -0.2) is 9.97 Å². The SMILES string of the molecule is CC(C)[C@@](C)(C#N)c1ccc(-c2ccc(N)nc2)nc1. The minimum atomic E-state index is -0.523. The molecule has 2 N–H and O–H groups in total. The summed E-state index contributed by atoms with van der Waals surface area (Å²) in [4.78, 5) is 8.50. The molecule has 102 valence electrons. The smallest absolute Gasteiger partial charge is 0.123 e. The van der Waals surface area contributed by atoms with Crippen molar-refractivity contribution in [2.45, 2.75) is 26.2 Å². The number of nitrogens with zero attached hydrogens (tertiary/aromatic N) is 3. The molecule has 0 spiro atoms. The van der Waals surface area contributed by atoms with Crippen LogP contribution >= 0.6 is 0 Å². The average Bonchev–Trinajstić information content (AvgIpc) is 2.47. The van der Waals surface area contributed by atoms with Crippen molar-refractivity contribution < 1.29 is 0 Å². The van der Waals surface area contributed by atoms with Crippen LogP contribution in [0.2, 0.25) is 0 Å². The molecule has 0 saturated heterocycles. The second kappa shape index (κ2) is 5.30. The van der Waals surface area contributed by atoms with Gasteiger partial charge in [-0.1, -0.05) is 19.9 Å². The van der Waals surface area contributed by atoms with E-state index < -0.39 is 5.41 Å². The predicted molar refractivity (Wildman–Crippen MR) is 79.7 cm³/mol. The van der Waals surface area contributed by atoms with Gasteiger partial charge in [-0.15, -0.1) is 0 Å². The topological polar surface area (TPSA) is 75.6 Å². The van der Waals surface area contributed by atoms with Crippen molar-refractivity contribution in [2.24, 2.45) is 5.92 Å². The van der Waals surface area contributed by atoms with E-state index in [1.807, 2.05) is 39.0 Å². The standard InChI is InChI=1S/C16H18N4/c1-11(2)16(3,10-17)13-5-6-14(19-9-13)12-4-7-15(18)20-8-12/h4-9,11H,1-3H3,(H2,18,20)/t16-/m1/s1. The Balaban J connectivity index is 2.36. The first-order valence-electron chi connectivity index (χ1n) is 6.57. The largest absolute Gasteiger partial charge is 0.384 e. The van der Waals surface area contributed by atoms with Gasteiger partial charge in [-0.2, -0.15) is 5.26 Å². The lowest BCUT2D eigenvalue weighted by atomic mass is 9.75. The number of hydrogen-bond donors (Lipinski definition) is 1. The molecule has 0 aliphatic heterocycles. The zero-order valence-corrected chi connectivity index (χ0v) is 12.0. The molecule has 0 fully saturated rings. The van der Waals surface area contributed by atoms with Crippen molar-refractivity contribution in [3.63, 3.8) is 0 Å². The Kier molecular flexibility index (Phi) is 3.71. The van der Waals surface area contributed by atoms with E-state index in [9.17, 15) is 5.26 Å². The van der Waals surface area contributed by atoms with Gasteiger partial charge in [0.2, 0.25) is 0 Å². The minimum Gasteiger partial charge on any atom is -0.384 e. The summed E-state index contributed by atoms with van der Waals surface area (Å²) in [6.45, 7) is 6.03. The lowest BCUT2D eigenvalue weighted by Crippen LogP contribution is -2.26. The fourth-order valence-electron chi connectivity index (χ4n) is 1.96. The molecule has 2 aromatic heterocycles. The van der Waals surface area contributed by atoms with Gasteiger partial charge in [0.1, 0.15) is 5.82 Å². The molecule has 4 nitrogen and oxygen atoms in total. The Morgan fingerprint density at radius 3 is 2.35 bits per heavy atom. The molecule has 2 aromatic rings. The Hall–Kier alpha value is -2.41. The molecule has 0 saturated carbocycles. The number of nitrogens with two attached hydrogens (primary N) is 1. The van der Waals surface area contributed by atoms with Crippen molar-refractivity contribution >= 4 is 5.82 Å². The first kappa shape index (κ1) is 14.0. The predicted octanol–water partition coefficient (Wildman–Crippen LogP) is 3.16.